The third kappa shape index (κ3) is 2.94. The Morgan fingerprint density at radius 3 is 2.44 bits per heavy atom. The second kappa shape index (κ2) is 5.76. The van der Waals surface area contributed by atoms with Crippen LogP contribution >= 0.6 is 0 Å². The maximum atomic E-state index is 10.8. The molecule has 0 aliphatic carbocycles. The van der Waals surface area contributed by atoms with Crippen molar-refractivity contribution in [1.82, 2.24) is 4.90 Å². The van der Waals surface area contributed by atoms with E-state index in [4.69, 9.17) is 9.84 Å². The Bertz CT molecular complexity index is 455. The predicted octanol–water partition coefficient (Wildman–Crippen LogP) is 2.77. The fraction of sp³-hybridized carbons (Fsp3) is 0.500. The molecule has 1 amide bonds. The van der Waals surface area contributed by atoms with Crippen molar-refractivity contribution in [3.8, 4) is 5.75 Å². The van der Waals surface area contributed by atoms with Gasteiger partial charge in [0.1, 0.15) is 5.75 Å². The summed E-state index contributed by atoms with van der Waals surface area (Å²) in [7, 11) is 3.23. The van der Waals surface area contributed by atoms with Crippen molar-refractivity contribution >= 4 is 6.09 Å². The largest absolute Gasteiger partial charge is 0.496 e. The molecule has 0 spiro atoms. The third-order valence-corrected chi connectivity index (χ3v) is 3.34. The zero-order valence-corrected chi connectivity index (χ0v) is 11.7. The molecule has 0 saturated heterocycles. The minimum Gasteiger partial charge on any atom is -0.496 e. The molecule has 0 radical (unpaired) electrons. The van der Waals surface area contributed by atoms with Gasteiger partial charge in [0, 0.05) is 13.6 Å². The average Bonchev–Trinajstić information content (AvgIpc) is 2.31. The van der Waals surface area contributed by atoms with Gasteiger partial charge in [0.2, 0.25) is 0 Å². The number of ether oxygens (including phenoxy) is 1. The van der Waals surface area contributed by atoms with Crippen molar-refractivity contribution < 1.29 is 14.6 Å². The fourth-order valence-corrected chi connectivity index (χ4v) is 2.07. The number of hydrogen-bond donors (Lipinski definition) is 1. The highest BCUT2D eigenvalue weighted by molar-refractivity contribution is 5.64. The molecule has 0 aliphatic rings. The van der Waals surface area contributed by atoms with E-state index in [0.29, 0.717) is 13.0 Å². The van der Waals surface area contributed by atoms with Crippen LogP contribution in [0, 0.1) is 20.8 Å². The molecule has 0 atom stereocenters. The van der Waals surface area contributed by atoms with Gasteiger partial charge in [0.25, 0.3) is 0 Å². The molecule has 0 bridgehead atoms. The number of carboxylic acid groups (broad SMARTS) is 1. The Labute approximate surface area is 108 Å². The number of rotatable bonds is 4. The van der Waals surface area contributed by atoms with E-state index in [2.05, 4.69) is 13.0 Å². The molecule has 1 aromatic rings. The van der Waals surface area contributed by atoms with Crippen LogP contribution in [0.25, 0.3) is 0 Å². The monoisotopic (exact) mass is 251 g/mol. The van der Waals surface area contributed by atoms with Crippen LogP contribution in [0.4, 0.5) is 4.79 Å². The van der Waals surface area contributed by atoms with E-state index in [1.54, 1.807) is 14.2 Å². The maximum absolute atomic E-state index is 10.8. The van der Waals surface area contributed by atoms with Gasteiger partial charge in [0.15, 0.2) is 0 Å². The number of nitrogens with zero attached hydrogens (tertiary/aromatic N) is 1. The summed E-state index contributed by atoms with van der Waals surface area (Å²) in [5.74, 6) is 0.881. The van der Waals surface area contributed by atoms with Crippen molar-refractivity contribution in [3.63, 3.8) is 0 Å². The molecule has 1 rings (SSSR count). The molecular formula is C14H21NO3. The van der Waals surface area contributed by atoms with E-state index in [1.165, 1.54) is 10.5 Å². The summed E-state index contributed by atoms with van der Waals surface area (Å²) in [6.07, 6.45) is -0.241. The summed E-state index contributed by atoms with van der Waals surface area (Å²) in [5, 5.41) is 8.85. The van der Waals surface area contributed by atoms with E-state index >= 15 is 0 Å². The zero-order chi connectivity index (χ0) is 13.9. The van der Waals surface area contributed by atoms with Crippen LogP contribution in [-0.2, 0) is 6.42 Å². The molecular weight excluding hydrogens is 230 g/mol. The molecule has 0 fully saturated rings. The summed E-state index contributed by atoms with van der Waals surface area (Å²) >= 11 is 0. The molecule has 1 aromatic carbocycles. The van der Waals surface area contributed by atoms with Gasteiger partial charge in [-0.2, -0.15) is 0 Å². The lowest BCUT2D eigenvalue weighted by molar-refractivity contribution is 0.156. The van der Waals surface area contributed by atoms with Crippen LogP contribution in [0.15, 0.2) is 6.07 Å². The highest BCUT2D eigenvalue weighted by Gasteiger charge is 2.14. The Morgan fingerprint density at radius 1 is 1.33 bits per heavy atom. The quantitative estimate of drug-likeness (QED) is 0.895. The minimum atomic E-state index is -0.907. The number of carbonyl (C=O) groups is 1. The zero-order valence-electron chi connectivity index (χ0n) is 11.7. The van der Waals surface area contributed by atoms with E-state index < -0.39 is 6.09 Å². The number of aryl methyl sites for hydroxylation is 2. The first-order valence-electron chi connectivity index (χ1n) is 5.96. The molecule has 1 N–H and O–H groups in total. The molecule has 0 aliphatic heterocycles. The maximum Gasteiger partial charge on any atom is 0.407 e. The number of amides is 1. The normalized spacial score (nSPS) is 10.3. The number of hydrogen-bond acceptors (Lipinski definition) is 2. The fourth-order valence-electron chi connectivity index (χ4n) is 2.07. The predicted molar refractivity (Wildman–Crippen MR) is 71.6 cm³/mol. The first kappa shape index (κ1) is 14.4. The van der Waals surface area contributed by atoms with Crippen LogP contribution in [-0.4, -0.2) is 36.8 Å². The van der Waals surface area contributed by atoms with Gasteiger partial charge in [-0.3, -0.25) is 0 Å². The second-order valence-corrected chi connectivity index (χ2v) is 4.60. The highest BCUT2D eigenvalue weighted by Crippen LogP contribution is 2.29. The van der Waals surface area contributed by atoms with Crippen molar-refractivity contribution in [2.75, 3.05) is 20.7 Å². The Morgan fingerprint density at radius 2 is 1.94 bits per heavy atom. The van der Waals surface area contributed by atoms with Crippen LogP contribution < -0.4 is 4.74 Å². The summed E-state index contributed by atoms with van der Waals surface area (Å²) in [6, 6.07) is 2.12. The van der Waals surface area contributed by atoms with Crippen molar-refractivity contribution in [3.05, 3.63) is 28.3 Å². The first-order valence-corrected chi connectivity index (χ1v) is 5.96. The average molecular weight is 251 g/mol. The van der Waals surface area contributed by atoms with Crippen LogP contribution in [0.1, 0.15) is 22.3 Å². The van der Waals surface area contributed by atoms with Gasteiger partial charge in [-0.15, -0.1) is 0 Å². The Hall–Kier alpha value is -1.71. The van der Waals surface area contributed by atoms with Gasteiger partial charge < -0.3 is 14.7 Å². The topological polar surface area (TPSA) is 49.8 Å². The van der Waals surface area contributed by atoms with E-state index in [-0.39, 0.29) is 0 Å². The van der Waals surface area contributed by atoms with Gasteiger partial charge in [-0.1, -0.05) is 6.07 Å². The van der Waals surface area contributed by atoms with Crippen LogP contribution in [0.5, 0.6) is 5.75 Å². The Balaban J connectivity index is 3.01. The van der Waals surface area contributed by atoms with Crippen molar-refractivity contribution in [2.24, 2.45) is 0 Å². The first-order chi connectivity index (χ1) is 8.38. The molecule has 0 aromatic heterocycles. The number of methoxy groups -OCH3 is 1. The van der Waals surface area contributed by atoms with Gasteiger partial charge >= 0.3 is 6.09 Å². The number of likely N-dealkylation sites (N-methyl/N-ethyl adjacent to an activating group) is 1. The second-order valence-electron chi connectivity index (χ2n) is 4.60. The van der Waals surface area contributed by atoms with Crippen LogP contribution in [0.3, 0.4) is 0 Å². The summed E-state index contributed by atoms with van der Waals surface area (Å²) in [4.78, 5) is 12.1. The lowest BCUT2D eigenvalue weighted by Crippen LogP contribution is -2.27. The highest BCUT2D eigenvalue weighted by atomic mass is 16.5. The lowest BCUT2D eigenvalue weighted by atomic mass is 9.97. The molecule has 0 heterocycles. The van der Waals surface area contributed by atoms with E-state index in [9.17, 15) is 4.79 Å². The Kier molecular flexibility index (Phi) is 4.59. The molecule has 100 valence electrons. The van der Waals surface area contributed by atoms with Crippen molar-refractivity contribution in [2.45, 2.75) is 27.2 Å². The lowest BCUT2D eigenvalue weighted by Gasteiger charge is -2.19. The number of benzene rings is 1. The van der Waals surface area contributed by atoms with Gasteiger partial charge in [0.05, 0.1) is 7.11 Å². The summed E-state index contributed by atoms with van der Waals surface area (Å²) in [5.41, 5.74) is 4.55. The van der Waals surface area contributed by atoms with Gasteiger partial charge in [-0.25, -0.2) is 4.79 Å². The standard InChI is InChI=1S/C14H21NO3/c1-9-8-10(2)12(13(18-5)11(9)3)6-7-15(4)14(16)17/h8H,6-7H2,1-5H3,(H,16,17). The van der Waals surface area contributed by atoms with Crippen LogP contribution in [0.2, 0.25) is 0 Å². The summed E-state index contributed by atoms with van der Waals surface area (Å²) in [6.45, 7) is 6.58. The summed E-state index contributed by atoms with van der Waals surface area (Å²) < 4.78 is 5.46. The molecule has 0 unspecified atom stereocenters. The minimum absolute atomic E-state index is 0.467. The van der Waals surface area contributed by atoms with Gasteiger partial charge in [-0.05, 0) is 49.4 Å². The smallest absolute Gasteiger partial charge is 0.407 e. The molecule has 18 heavy (non-hydrogen) atoms. The molecule has 4 heteroatoms. The van der Waals surface area contributed by atoms with E-state index in [1.807, 2.05) is 13.8 Å². The molecule has 0 saturated carbocycles. The van der Waals surface area contributed by atoms with E-state index in [0.717, 1.165) is 22.4 Å². The third-order valence-electron chi connectivity index (χ3n) is 3.34. The SMILES string of the molecule is COc1c(C)c(C)cc(C)c1CCN(C)C(=O)O. The van der Waals surface area contributed by atoms with Crippen molar-refractivity contribution in [1.29, 1.82) is 0 Å². The molecule has 4 nitrogen and oxygen atoms in total.